The zero-order chi connectivity index (χ0) is 21.8. The van der Waals surface area contributed by atoms with Crippen molar-refractivity contribution in [1.82, 2.24) is 4.90 Å². The number of nitrogens with zero attached hydrogens (tertiary/aromatic N) is 1. The fourth-order valence-corrected chi connectivity index (χ4v) is 3.86. The maximum atomic E-state index is 13.3. The molecule has 0 bridgehead atoms. The van der Waals surface area contributed by atoms with E-state index in [2.05, 4.69) is 5.32 Å². The second-order valence-corrected chi connectivity index (χ2v) is 8.01. The minimum Gasteiger partial charge on any atom is -0.485 e. The number of rotatable bonds is 6. The van der Waals surface area contributed by atoms with Crippen molar-refractivity contribution < 1.29 is 23.8 Å². The molecule has 2 atom stereocenters. The Hall–Kier alpha value is -3.06. The highest BCUT2D eigenvalue weighted by atomic mass is 16.6. The molecule has 2 aliphatic heterocycles. The molecule has 2 aromatic rings. The van der Waals surface area contributed by atoms with Gasteiger partial charge in [-0.3, -0.25) is 9.59 Å². The Kier molecular flexibility index (Phi) is 6.42. The van der Waals surface area contributed by atoms with Gasteiger partial charge in [0.25, 0.3) is 5.91 Å². The van der Waals surface area contributed by atoms with Crippen LogP contribution in [0.5, 0.6) is 11.5 Å². The van der Waals surface area contributed by atoms with Gasteiger partial charge in [-0.05, 0) is 56.0 Å². The van der Waals surface area contributed by atoms with Crippen molar-refractivity contribution in [3.63, 3.8) is 0 Å². The molecule has 0 radical (unpaired) electrons. The monoisotopic (exact) mass is 424 g/mol. The summed E-state index contributed by atoms with van der Waals surface area (Å²) in [7, 11) is 0. The molecule has 0 aromatic heterocycles. The van der Waals surface area contributed by atoms with Crippen molar-refractivity contribution in [3.05, 3.63) is 53.6 Å². The van der Waals surface area contributed by atoms with Crippen molar-refractivity contribution in [2.45, 2.75) is 38.9 Å². The second kappa shape index (κ2) is 9.39. The lowest BCUT2D eigenvalue weighted by Crippen LogP contribution is -2.50. The van der Waals surface area contributed by atoms with Gasteiger partial charge >= 0.3 is 0 Å². The summed E-state index contributed by atoms with van der Waals surface area (Å²) in [6.07, 6.45) is 0.949. The van der Waals surface area contributed by atoms with Crippen molar-refractivity contribution in [3.8, 4) is 11.5 Å². The predicted octanol–water partition coefficient (Wildman–Crippen LogP) is 3.09. The van der Waals surface area contributed by atoms with E-state index < -0.39 is 6.10 Å². The number of anilines is 1. The molecule has 1 N–H and O–H groups in total. The molecule has 1 saturated heterocycles. The molecule has 0 aliphatic carbocycles. The van der Waals surface area contributed by atoms with Crippen LogP contribution >= 0.6 is 0 Å². The molecule has 2 aromatic carbocycles. The quantitative estimate of drug-likeness (QED) is 0.771. The number of benzene rings is 2. The minimum absolute atomic E-state index is 0.0748. The summed E-state index contributed by atoms with van der Waals surface area (Å²) in [5, 5.41) is 2.93. The van der Waals surface area contributed by atoms with Crippen molar-refractivity contribution >= 4 is 17.5 Å². The molecule has 2 aliphatic rings. The van der Waals surface area contributed by atoms with Gasteiger partial charge in [-0.15, -0.1) is 0 Å². The number of ether oxygens (including phenoxy) is 3. The largest absolute Gasteiger partial charge is 0.485 e. The summed E-state index contributed by atoms with van der Waals surface area (Å²) in [6, 6.07) is 13.0. The van der Waals surface area contributed by atoms with Crippen LogP contribution in [0.3, 0.4) is 0 Å². The van der Waals surface area contributed by atoms with Crippen LogP contribution < -0.4 is 14.8 Å². The average Bonchev–Trinajstić information content (AvgIpc) is 3.29. The third-order valence-corrected chi connectivity index (χ3v) is 5.76. The van der Waals surface area contributed by atoms with E-state index in [9.17, 15) is 9.59 Å². The number of carbonyl (C=O) groups is 2. The molecule has 0 unspecified atom stereocenters. The Labute approximate surface area is 182 Å². The number of para-hydroxylation sites is 2. The van der Waals surface area contributed by atoms with Crippen LogP contribution in [0, 0.1) is 13.8 Å². The molecule has 2 heterocycles. The summed E-state index contributed by atoms with van der Waals surface area (Å²) in [5.74, 6) is 0.618. The van der Waals surface area contributed by atoms with Gasteiger partial charge in [-0.2, -0.15) is 0 Å². The van der Waals surface area contributed by atoms with Crippen LogP contribution in [-0.2, 0) is 14.3 Å². The first-order chi connectivity index (χ1) is 15.0. The van der Waals surface area contributed by atoms with Crippen molar-refractivity contribution in [2.24, 2.45) is 0 Å². The number of amides is 2. The van der Waals surface area contributed by atoms with Gasteiger partial charge in [-0.25, -0.2) is 0 Å². The Morgan fingerprint density at radius 2 is 1.90 bits per heavy atom. The van der Waals surface area contributed by atoms with Crippen LogP contribution in [0.2, 0.25) is 0 Å². The number of hydrogen-bond donors (Lipinski definition) is 1. The lowest BCUT2D eigenvalue weighted by Gasteiger charge is -2.31. The average molecular weight is 424 g/mol. The van der Waals surface area contributed by atoms with E-state index in [0.717, 1.165) is 29.7 Å². The third kappa shape index (κ3) is 4.99. The Bertz CT molecular complexity index is 955. The summed E-state index contributed by atoms with van der Waals surface area (Å²) in [5.41, 5.74) is 2.85. The highest BCUT2D eigenvalue weighted by Crippen LogP contribution is 2.31. The van der Waals surface area contributed by atoms with Crippen LogP contribution in [0.15, 0.2) is 42.5 Å². The fraction of sp³-hybridized carbons (Fsp3) is 0.417. The molecular formula is C24H28N2O5. The molecular weight excluding hydrogens is 396 g/mol. The lowest BCUT2D eigenvalue weighted by molar-refractivity contribution is -0.145. The van der Waals surface area contributed by atoms with Crippen molar-refractivity contribution in [2.75, 3.05) is 31.6 Å². The smallest absolute Gasteiger partial charge is 0.267 e. The SMILES string of the molecule is Cc1cccc(NC(=O)CN(C[C@H]2CCCO2)C(=O)[C@@H]2COc3ccccc3O2)c1C. The lowest BCUT2D eigenvalue weighted by atomic mass is 10.1. The van der Waals surface area contributed by atoms with E-state index in [1.54, 1.807) is 12.1 Å². The molecule has 7 nitrogen and oxygen atoms in total. The molecule has 1 fully saturated rings. The molecule has 7 heteroatoms. The van der Waals surface area contributed by atoms with Crippen LogP contribution in [0.25, 0.3) is 0 Å². The summed E-state index contributed by atoms with van der Waals surface area (Å²) >= 11 is 0. The van der Waals surface area contributed by atoms with Crippen LogP contribution in [0.4, 0.5) is 5.69 Å². The molecule has 0 spiro atoms. The maximum Gasteiger partial charge on any atom is 0.267 e. The molecule has 31 heavy (non-hydrogen) atoms. The van der Waals surface area contributed by atoms with E-state index in [1.165, 1.54) is 4.90 Å². The molecule has 2 amide bonds. The van der Waals surface area contributed by atoms with Gasteiger partial charge < -0.3 is 24.4 Å². The third-order valence-electron chi connectivity index (χ3n) is 5.76. The number of nitrogens with one attached hydrogen (secondary N) is 1. The van der Waals surface area contributed by atoms with E-state index in [-0.39, 0.29) is 31.1 Å². The number of carbonyl (C=O) groups excluding carboxylic acids is 2. The number of fused-ring (bicyclic) bond motifs is 1. The van der Waals surface area contributed by atoms with E-state index in [1.807, 2.05) is 44.2 Å². The minimum atomic E-state index is -0.801. The highest BCUT2D eigenvalue weighted by Gasteiger charge is 2.34. The first-order valence-corrected chi connectivity index (χ1v) is 10.7. The summed E-state index contributed by atoms with van der Waals surface area (Å²) < 4.78 is 17.3. The molecule has 4 rings (SSSR count). The molecule has 0 saturated carbocycles. The van der Waals surface area contributed by atoms with Gasteiger partial charge in [-0.1, -0.05) is 24.3 Å². The Morgan fingerprint density at radius 1 is 1.10 bits per heavy atom. The second-order valence-electron chi connectivity index (χ2n) is 8.01. The highest BCUT2D eigenvalue weighted by molar-refractivity contribution is 5.96. The zero-order valence-corrected chi connectivity index (χ0v) is 17.9. The van der Waals surface area contributed by atoms with Gasteiger partial charge in [0, 0.05) is 18.8 Å². The fourth-order valence-electron chi connectivity index (χ4n) is 3.86. The van der Waals surface area contributed by atoms with E-state index >= 15 is 0 Å². The number of aryl methyl sites for hydroxylation is 1. The van der Waals surface area contributed by atoms with Gasteiger partial charge in [0.15, 0.2) is 11.5 Å². The van der Waals surface area contributed by atoms with E-state index in [0.29, 0.717) is 24.7 Å². The first kappa shape index (κ1) is 21.2. The zero-order valence-electron chi connectivity index (χ0n) is 17.9. The standard InChI is InChI=1S/C24H28N2O5/c1-16-7-5-9-19(17(16)2)25-23(27)14-26(13-18-8-6-12-29-18)24(28)22-15-30-20-10-3-4-11-21(20)31-22/h3-5,7,9-11,18,22H,6,8,12-15H2,1-2H3,(H,25,27)/t18-,22+/m1/s1. The van der Waals surface area contributed by atoms with Gasteiger partial charge in [0.1, 0.15) is 13.2 Å². The Balaban J connectivity index is 1.46. The normalized spacial score (nSPS) is 19.7. The number of hydrogen-bond acceptors (Lipinski definition) is 5. The van der Waals surface area contributed by atoms with Crippen LogP contribution in [-0.4, -0.2) is 55.2 Å². The first-order valence-electron chi connectivity index (χ1n) is 10.7. The Morgan fingerprint density at radius 3 is 2.68 bits per heavy atom. The summed E-state index contributed by atoms with van der Waals surface area (Å²) in [6.45, 7) is 5.02. The maximum absolute atomic E-state index is 13.3. The van der Waals surface area contributed by atoms with Gasteiger partial charge in [0.2, 0.25) is 12.0 Å². The topological polar surface area (TPSA) is 77.1 Å². The molecule has 164 valence electrons. The van der Waals surface area contributed by atoms with Crippen molar-refractivity contribution in [1.29, 1.82) is 0 Å². The van der Waals surface area contributed by atoms with E-state index in [4.69, 9.17) is 14.2 Å². The summed E-state index contributed by atoms with van der Waals surface area (Å²) in [4.78, 5) is 27.6. The van der Waals surface area contributed by atoms with Crippen LogP contribution in [0.1, 0.15) is 24.0 Å². The predicted molar refractivity (Wildman–Crippen MR) is 116 cm³/mol. The van der Waals surface area contributed by atoms with Gasteiger partial charge in [0.05, 0.1) is 6.10 Å².